The average molecular weight is 412 g/mol. The number of amides is 2. The first-order valence-electron chi connectivity index (χ1n) is 8.48. The van der Waals surface area contributed by atoms with E-state index in [1.165, 1.54) is 4.90 Å². The van der Waals surface area contributed by atoms with Gasteiger partial charge in [-0.1, -0.05) is 35.3 Å². The number of esters is 1. The minimum absolute atomic E-state index is 0.223. The van der Waals surface area contributed by atoms with Crippen LogP contribution in [0.3, 0.4) is 0 Å². The number of halogens is 2. The molecule has 1 atom stereocenters. The molecule has 8 heteroatoms. The molecule has 1 N–H and O–H groups in total. The van der Waals surface area contributed by atoms with Gasteiger partial charge in [0, 0.05) is 18.8 Å². The number of hydrogen-bond acceptors (Lipinski definition) is 4. The van der Waals surface area contributed by atoms with Gasteiger partial charge in [0.25, 0.3) is 0 Å². The fourth-order valence-electron chi connectivity index (χ4n) is 2.89. The van der Waals surface area contributed by atoms with E-state index in [4.69, 9.17) is 27.9 Å². The van der Waals surface area contributed by atoms with Crippen LogP contribution >= 0.6 is 23.2 Å². The SMILES string of the molecule is C=CCN1C(=O)NC(c2ccc(Cl)c(Cl)c2)C(C(=O)OCC)=C1CN(C)C. The first kappa shape index (κ1) is 21.3. The lowest BCUT2D eigenvalue weighted by atomic mass is 9.94. The van der Waals surface area contributed by atoms with Gasteiger partial charge in [0.15, 0.2) is 0 Å². The molecule has 1 aromatic carbocycles. The van der Waals surface area contributed by atoms with E-state index in [1.807, 2.05) is 19.0 Å². The second kappa shape index (κ2) is 9.26. The summed E-state index contributed by atoms with van der Waals surface area (Å²) in [7, 11) is 3.73. The maximum atomic E-state index is 12.8. The molecule has 0 fully saturated rings. The molecule has 146 valence electrons. The number of carbonyl (C=O) groups is 2. The van der Waals surface area contributed by atoms with Crippen molar-refractivity contribution in [2.75, 3.05) is 33.8 Å². The Morgan fingerprint density at radius 1 is 1.37 bits per heavy atom. The number of nitrogens with zero attached hydrogens (tertiary/aromatic N) is 2. The summed E-state index contributed by atoms with van der Waals surface area (Å²) in [6.45, 7) is 6.31. The second-order valence-corrected chi connectivity index (χ2v) is 7.09. The highest BCUT2D eigenvalue weighted by Crippen LogP contribution is 2.34. The van der Waals surface area contributed by atoms with E-state index in [1.54, 1.807) is 31.2 Å². The second-order valence-electron chi connectivity index (χ2n) is 6.27. The summed E-state index contributed by atoms with van der Waals surface area (Å²) in [5, 5.41) is 3.60. The lowest BCUT2D eigenvalue weighted by Crippen LogP contribution is -2.50. The molecule has 0 aliphatic carbocycles. The number of ether oxygens (including phenoxy) is 1. The van der Waals surface area contributed by atoms with Crippen LogP contribution in [-0.4, -0.2) is 55.6 Å². The molecular formula is C19H23Cl2N3O3. The van der Waals surface area contributed by atoms with Crippen LogP contribution in [0.2, 0.25) is 10.0 Å². The van der Waals surface area contributed by atoms with Crippen molar-refractivity contribution < 1.29 is 14.3 Å². The normalized spacial score (nSPS) is 17.2. The predicted molar refractivity (Wildman–Crippen MR) is 107 cm³/mol. The number of rotatable bonds is 7. The molecule has 0 saturated carbocycles. The number of urea groups is 1. The van der Waals surface area contributed by atoms with E-state index < -0.39 is 12.0 Å². The largest absolute Gasteiger partial charge is 0.463 e. The van der Waals surface area contributed by atoms with Gasteiger partial charge in [-0.15, -0.1) is 6.58 Å². The molecule has 2 amide bonds. The van der Waals surface area contributed by atoms with E-state index in [2.05, 4.69) is 11.9 Å². The maximum absolute atomic E-state index is 12.8. The highest BCUT2D eigenvalue weighted by atomic mass is 35.5. The Kier molecular flexibility index (Phi) is 7.30. The third-order valence-electron chi connectivity index (χ3n) is 3.99. The first-order chi connectivity index (χ1) is 12.8. The van der Waals surface area contributed by atoms with Crippen LogP contribution in [0.5, 0.6) is 0 Å². The van der Waals surface area contributed by atoms with Gasteiger partial charge in [0.05, 0.1) is 28.3 Å². The van der Waals surface area contributed by atoms with Crippen molar-refractivity contribution in [3.63, 3.8) is 0 Å². The fourth-order valence-corrected chi connectivity index (χ4v) is 3.19. The van der Waals surface area contributed by atoms with Gasteiger partial charge in [-0.05, 0) is 38.7 Å². The molecule has 1 heterocycles. The summed E-state index contributed by atoms with van der Waals surface area (Å²) in [4.78, 5) is 28.9. The molecule has 1 unspecified atom stereocenters. The third kappa shape index (κ3) is 4.83. The Labute approximate surface area is 169 Å². The van der Waals surface area contributed by atoms with Crippen LogP contribution in [0.25, 0.3) is 0 Å². The van der Waals surface area contributed by atoms with Crippen LogP contribution in [0.1, 0.15) is 18.5 Å². The Hall–Kier alpha value is -2.02. The Bertz CT molecular complexity index is 777. The van der Waals surface area contributed by atoms with E-state index >= 15 is 0 Å². The van der Waals surface area contributed by atoms with Crippen molar-refractivity contribution in [1.82, 2.24) is 15.1 Å². The molecular weight excluding hydrogens is 389 g/mol. The molecule has 0 aromatic heterocycles. The predicted octanol–water partition coefficient (Wildman–Crippen LogP) is 3.62. The van der Waals surface area contributed by atoms with Crippen molar-refractivity contribution in [1.29, 1.82) is 0 Å². The molecule has 0 saturated heterocycles. The zero-order chi connectivity index (χ0) is 20.1. The summed E-state index contributed by atoms with van der Waals surface area (Å²) < 4.78 is 5.28. The molecule has 1 aliphatic heterocycles. The maximum Gasteiger partial charge on any atom is 0.338 e. The lowest BCUT2D eigenvalue weighted by molar-refractivity contribution is -0.139. The zero-order valence-corrected chi connectivity index (χ0v) is 17.1. The van der Waals surface area contributed by atoms with E-state index in [0.717, 1.165) is 0 Å². The molecule has 1 aliphatic rings. The van der Waals surface area contributed by atoms with Crippen molar-refractivity contribution in [2.24, 2.45) is 0 Å². The Morgan fingerprint density at radius 3 is 2.63 bits per heavy atom. The van der Waals surface area contributed by atoms with Crippen LogP contribution in [-0.2, 0) is 9.53 Å². The minimum atomic E-state index is -0.692. The number of likely N-dealkylation sites (N-methyl/N-ethyl adjacent to an activating group) is 1. The number of hydrogen-bond donors (Lipinski definition) is 1. The van der Waals surface area contributed by atoms with Crippen molar-refractivity contribution in [3.8, 4) is 0 Å². The van der Waals surface area contributed by atoms with Gasteiger partial charge in [-0.25, -0.2) is 9.59 Å². The molecule has 0 radical (unpaired) electrons. The molecule has 2 rings (SSSR count). The summed E-state index contributed by atoms with van der Waals surface area (Å²) in [6, 6.07) is 3.99. The summed E-state index contributed by atoms with van der Waals surface area (Å²) >= 11 is 12.2. The first-order valence-corrected chi connectivity index (χ1v) is 9.24. The highest BCUT2D eigenvalue weighted by molar-refractivity contribution is 6.42. The van der Waals surface area contributed by atoms with Gasteiger partial charge in [0.1, 0.15) is 0 Å². The Balaban J connectivity index is 2.66. The van der Waals surface area contributed by atoms with Crippen LogP contribution in [0, 0.1) is 0 Å². The van der Waals surface area contributed by atoms with Gasteiger partial charge < -0.3 is 15.0 Å². The lowest BCUT2D eigenvalue weighted by Gasteiger charge is -2.37. The quantitative estimate of drug-likeness (QED) is 0.549. The topological polar surface area (TPSA) is 61.9 Å². The third-order valence-corrected chi connectivity index (χ3v) is 4.73. The summed E-state index contributed by atoms with van der Waals surface area (Å²) in [6.07, 6.45) is 1.61. The molecule has 27 heavy (non-hydrogen) atoms. The van der Waals surface area contributed by atoms with E-state index in [-0.39, 0.29) is 19.2 Å². The number of nitrogens with one attached hydrogen (secondary N) is 1. The standard InChI is InChI=1S/C19H23Cl2N3O3/c1-5-9-24-15(11-23(3)4)16(18(25)27-6-2)17(22-19(24)26)12-7-8-13(20)14(21)10-12/h5,7-8,10,17H,1,6,9,11H2,2-4H3,(H,22,26). The van der Waals surface area contributed by atoms with Crippen molar-refractivity contribution in [2.45, 2.75) is 13.0 Å². The number of benzene rings is 1. The smallest absolute Gasteiger partial charge is 0.338 e. The van der Waals surface area contributed by atoms with Crippen molar-refractivity contribution in [3.05, 3.63) is 57.7 Å². The molecule has 6 nitrogen and oxygen atoms in total. The minimum Gasteiger partial charge on any atom is -0.463 e. The molecule has 0 bridgehead atoms. The van der Waals surface area contributed by atoms with Crippen LogP contribution in [0.4, 0.5) is 4.79 Å². The molecule has 1 aromatic rings. The van der Waals surface area contributed by atoms with Gasteiger partial charge in [-0.3, -0.25) is 4.90 Å². The van der Waals surface area contributed by atoms with E-state index in [0.29, 0.717) is 33.4 Å². The Morgan fingerprint density at radius 2 is 2.07 bits per heavy atom. The van der Waals surface area contributed by atoms with Crippen LogP contribution < -0.4 is 5.32 Å². The zero-order valence-electron chi connectivity index (χ0n) is 15.6. The van der Waals surface area contributed by atoms with Gasteiger partial charge in [0.2, 0.25) is 0 Å². The molecule has 0 spiro atoms. The van der Waals surface area contributed by atoms with Gasteiger partial charge in [-0.2, -0.15) is 0 Å². The fraction of sp³-hybridized carbons (Fsp3) is 0.368. The van der Waals surface area contributed by atoms with Crippen LogP contribution in [0.15, 0.2) is 42.1 Å². The van der Waals surface area contributed by atoms with Crippen molar-refractivity contribution >= 4 is 35.2 Å². The summed E-state index contributed by atoms with van der Waals surface area (Å²) in [5.41, 5.74) is 1.58. The summed E-state index contributed by atoms with van der Waals surface area (Å²) in [5.74, 6) is -0.487. The van der Waals surface area contributed by atoms with E-state index in [9.17, 15) is 9.59 Å². The van der Waals surface area contributed by atoms with Gasteiger partial charge >= 0.3 is 12.0 Å². The number of carbonyl (C=O) groups excluding carboxylic acids is 2. The highest BCUT2D eigenvalue weighted by Gasteiger charge is 2.38. The monoisotopic (exact) mass is 411 g/mol. The average Bonchev–Trinajstić information content (AvgIpc) is 2.59.